The molecule has 2 nitrogen and oxygen atoms in total. The summed E-state index contributed by atoms with van der Waals surface area (Å²) in [5, 5.41) is 7.69. The molecule has 0 N–H and O–H groups in total. The van der Waals surface area contributed by atoms with Gasteiger partial charge in [-0.1, -0.05) is 127 Å². The Labute approximate surface area is 298 Å². The van der Waals surface area contributed by atoms with E-state index in [1.807, 2.05) is 11.3 Å². The molecule has 0 aliphatic carbocycles. The van der Waals surface area contributed by atoms with Gasteiger partial charge in [-0.15, -0.1) is 11.3 Å². The van der Waals surface area contributed by atoms with Crippen molar-refractivity contribution in [3.05, 3.63) is 182 Å². The van der Waals surface area contributed by atoms with Gasteiger partial charge >= 0.3 is 0 Å². The lowest BCUT2D eigenvalue weighted by molar-refractivity contribution is 1.16. The molecule has 238 valence electrons. The molecule has 0 fully saturated rings. The van der Waals surface area contributed by atoms with Crippen molar-refractivity contribution in [1.29, 1.82) is 0 Å². The maximum atomic E-state index is 2.47. The van der Waals surface area contributed by atoms with Crippen molar-refractivity contribution < 1.29 is 0 Å². The van der Waals surface area contributed by atoms with E-state index in [1.54, 1.807) is 0 Å². The van der Waals surface area contributed by atoms with Crippen LogP contribution in [0, 0.1) is 0 Å². The predicted octanol–water partition coefficient (Wildman–Crippen LogP) is 13.6. The topological polar surface area (TPSA) is 9.86 Å². The van der Waals surface area contributed by atoms with Crippen LogP contribution in [-0.4, -0.2) is 9.13 Å². The van der Waals surface area contributed by atoms with E-state index in [2.05, 4.69) is 191 Å². The fraction of sp³-hybridized carbons (Fsp3) is 0. The molecule has 0 aliphatic rings. The highest BCUT2D eigenvalue weighted by molar-refractivity contribution is 7.26. The quantitative estimate of drug-likeness (QED) is 0.177. The fourth-order valence-electron chi connectivity index (χ4n) is 8.19. The summed E-state index contributed by atoms with van der Waals surface area (Å²) in [6, 6.07) is 66.6. The molecule has 3 heterocycles. The molecular formula is C48H30N2S. The normalized spacial score (nSPS) is 11.9. The number of aromatic nitrogens is 2. The van der Waals surface area contributed by atoms with Crippen LogP contribution in [0.25, 0.3) is 97.4 Å². The van der Waals surface area contributed by atoms with Gasteiger partial charge in [-0.2, -0.15) is 0 Å². The van der Waals surface area contributed by atoms with Gasteiger partial charge in [0.25, 0.3) is 0 Å². The summed E-state index contributed by atoms with van der Waals surface area (Å²) in [6.07, 6.45) is 0. The van der Waals surface area contributed by atoms with Crippen molar-refractivity contribution in [1.82, 2.24) is 9.13 Å². The zero-order valence-electron chi connectivity index (χ0n) is 27.6. The number of benzene rings is 8. The van der Waals surface area contributed by atoms with Crippen molar-refractivity contribution in [3.63, 3.8) is 0 Å². The Kier molecular flexibility index (Phi) is 6.16. The van der Waals surface area contributed by atoms with Gasteiger partial charge in [0.05, 0.1) is 22.1 Å². The number of thiophene rings is 1. The van der Waals surface area contributed by atoms with Gasteiger partial charge in [0.15, 0.2) is 0 Å². The van der Waals surface area contributed by atoms with E-state index in [0.717, 1.165) is 11.4 Å². The Morgan fingerprint density at radius 3 is 1.71 bits per heavy atom. The second kappa shape index (κ2) is 11.0. The van der Waals surface area contributed by atoms with E-state index in [9.17, 15) is 0 Å². The Hall–Kier alpha value is -6.42. The zero-order valence-corrected chi connectivity index (χ0v) is 28.4. The Balaban J connectivity index is 1.18. The fourth-order valence-corrected chi connectivity index (χ4v) is 9.43. The molecule has 0 spiro atoms. The second-order valence-corrected chi connectivity index (χ2v) is 14.4. The summed E-state index contributed by atoms with van der Waals surface area (Å²) in [7, 11) is 0. The van der Waals surface area contributed by atoms with Crippen molar-refractivity contribution in [2.75, 3.05) is 0 Å². The van der Waals surface area contributed by atoms with Gasteiger partial charge < -0.3 is 9.13 Å². The van der Waals surface area contributed by atoms with E-state index in [4.69, 9.17) is 0 Å². The molecule has 11 aromatic rings. The molecular weight excluding hydrogens is 637 g/mol. The summed E-state index contributed by atoms with van der Waals surface area (Å²) in [6.45, 7) is 0. The van der Waals surface area contributed by atoms with E-state index in [1.165, 1.54) is 86.0 Å². The minimum absolute atomic E-state index is 1.15. The molecule has 3 aromatic heterocycles. The number of hydrogen-bond donors (Lipinski definition) is 0. The highest BCUT2D eigenvalue weighted by atomic mass is 32.1. The lowest BCUT2D eigenvalue weighted by Crippen LogP contribution is -1.96. The molecule has 0 saturated heterocycles. The first kappa shape index (κ1) is 28.4. The lowest BCUT2D eigenvalue weighted by Gasteiger charge is -2.12. The number of para-hydroxylation sites is 2. The number of hydrogen-bond acceptors (Lipinski definition) is 1. The monoisotopic (exact) mass is 666 g/mol. The van der Waals surface area contributed by atoms with E-state index in [0.29, 0.717) is 0 Å². The molecule has 3 heteroatoms. The van der Waals surface area contributed by atoms with Crippen LogP contribution in [0.2, 0.25) is 0 Å². The van der Waals surface area contributed by atoms with Crippen molar-refractivity contribution in [3.8, 4) is 33.6 Å². The Bertz CT molecular complexity index is 3110. The highest BCUT2D eigenvalue weighted by Gasteiger charge is 2.19. The molecule has 0 bridgehead atoms. The Morgan fingerprint density at radius 2 is 0.902 bits per heavy atom. The standard InChI is InChI=1S/C48H30N2S/c1-3-12-31(13-4-1)33-24-27-38-42-29-41-37-16-7-9-20-43(37)49(34-14-5-2-6-15-34)45(41)30-46(42)50(44(38)28-33)35-25-22-32(23-26-35)36-18-11-19-40-39-17-8-10-21-47(39)51-48(36)40/h1-30H. The maximum Gasteiger partial charge on any atom is 0.0562 e. The van der Waals surface area contributed by atoms with Gasteiger partial charge in [0.1, 0.15) is 0 Å². The van der Waals surface area contributed by atoms with Gasteiger partial charge in [0.2, 0.25) is 0 Å². The molecule has 0 saturated carbocycles. The second-order valence-electron chi connectivity index (χ2n) is 13.3. The summed E-state index contributed by atoms with van der Waals surface area (Å²) < 4.78 is 7.55. The summed E-state index contributed by atoms with van der Waals surface area (Å²) in [4.78, 5) is 0. The van der Waals surface area contributed by atoms with Crippen molar-refractivity contribution in [2.45, 2.75) is 0 Å². The first-order valence-electron chi connectivity index (χ1n) is 17.4. The maximum absolute atomic E-state index is 2.47. The molecule has 0 radical (unpaired) electrons. The third kappa shape index (κ3) is 4.29. The largest absolute Gasteiger partial charge is 0.309 e. The molecule has 0 unspecified atom stereocenters. The molecule has 0 atom stereocenters. The first-order valence-corrected chi connectivity index (χ1v) is 18.3. The van der Waals surface area contributed by atoms with Crippen LogP contribution < -0.4 is 0 Å². The highest BCUT2D eigenvalue weighted by Crippen LogP contribution is 2.42. The lowest BCUT2D eigenvalue weighted by atomic mass is 10.0. The smallest absolute Gasteiger partial charge is 0.0562 e. The van der Waals surface area contributed by atoms with Gasteiger partial charge in [-0.05, 0) is 76.9 Å². The molecule has 8 aromatic carbocycles. The van der Waals surface area contributed by atoms with Gasteiger partial charge in [-0.25, -0.2) is 0 Å². The van der Waals surface area contributed by atoms with Gasteiger partial charge in [-0.3, -0.25) is 0 Å². The summed E-state index contributed by atoms with van der Waals surface area (Å²) >= 11 is 1.88. The van der Waals surface area contributed by atoms with Crippen molar-refractivity contribution in [2.24, 2.45) is 0 Å². The van der Waals surface area contributed by atoms with E-state index in [-0.39, 0.29) is 0 Å². The molecule has 51 heavy (non-hydrogen) atoms. The van der Waals surface area contributed by atoms with Crippen LogP contribution in [0.15, 0.2) is 182 Å². The summed E-state index contributed by atoms with van der Waals surface area (Å²) in [5.41, 5.74) is 12.1. The van der Waals surface area contributed by atoms with Crippen LogP contribution >= 0.6 is 11.3 Å². The van der Waals surface area contributed by atoms with Crippen LogP contribution in [0.1, 0.15) is 0 Å². The first-order chi connectivity index (χ1) is 25.3. The van der Waals surface area contributed by atoms with Crippen LogP contribution in [0.3, 0.4) is 0 Å². The molecule has 0 aliphatic heterocycles. The third-order valence-corrected chi connectivity index (χ3v) is 11.7. The number of rotatable bonds is 4. The van der Waals surface area contributed by atoms with Crippen LogP contribution in [0.4, 0.5) is 0 Å². The average molecular weight is 667 g/mol. The SMILES string of the molecule is c1ccc(-c2ccc3c4cc5c6ccccc6n(-c6ccccc6)c5cc4n(-c4ccc(-c5cccc6c5sc5ccccc56)cc4)c3c2)cc1. The van der Waals surface area contributed by atoms with Crippen molar-refractivity contribution >= 4 is 75.1 Å². The average Bonchev–Trinajstić information content (AvgIpc) is 3.85. The number of nitrogens with zero attached hydrogens (tertiary/aromatic N) is 2. The predicted molar refractivity (Wildman–Crippen MR) is 219 cm³/mol. The molecule has 11 rings (SSSR count). The summed E-state index contributed by atoms with van der Waals surface area (Å²) in [5.74, 6) is 0. The minimum atomic E-state index is 1.15. The van der Waals surface area contributed by atoms with E-state index < -0.39 is 0 Å². The zero-order chi connectivity index (χ0) is 33.5. The minimum Gasteiger partial charge on any atom is -0.309 e. The third-order valence-electron chi connectivity index (χ3n) is 10.5. The molecule has 0 amide bonds. The van der Waals surface area contributed by atoms with Crippen LogP contribution in [-0.2, 0) is 0 Å². The van der Waals surface area contributed by atoms with Gasteiger partial charge in [0, 0.05) is 53.1 Å². The van der Waals surface area contributed by atoms with Crippen LogP contribution in [0.5, 0.6) is 0 Å². The van der Waals surface area contributed by atoms with E-state index >= 15 is 0 Å². The Morgan fingerprint density at radius 1 is 0.314 bits per heavy atom. The number of fused-ring (bicyclic) bond motifs is 9.